The van der Waals surface area contributed by atoms with Crippen LogP contribution in [-0.2, 0) is 42.2 Å². The monoisotopic (exact) mass is 1060 g/mol. The fourth-order valence-electron chi connectivity index (χ4n) is 7.63. The van der Waals surface area contributed by atoms with Crippen LogP contribution >= 0.6 is 7.82 Å². The number of ether oxygens (including phenoxy) is 3. The number of esters is 3. The molecule has 0 aliphatic rings. The number of phosphoric ester groups is 1. The predicted molar refractivity (Wildman–Crippen MR) is 307 cm³/mol. The molecule has 0 heterocycles. The average Bonchev–Trinajstić information content (AvgIpc) is 3.39. The summed E-state index contributed by atoms with van der Waals surface area (Å²) in [6.07, 6.45) is 65.1. The van der Waals surface area contributed by atoms with E-state index in [9.17, 15) is 28.9 Å². The lowest BCUT2D eigenvalue weighted by molar-refractivity contribution is -0.161. The second-order valence-electron chi connectivity index (χ2n) is 19.0. The summed E-state index contributed by atoms with van der Waals surface area (Å²) in [6.45, 7) is 4.36. The summed E-state index contributed by atoms with van der Waals surface area (Å²) in [5, 5.41) is 9.81. The van der Waals surface area contributed by atoms with E-state index in [1.165, 1.54) is 57.8 Å². The van der Waals surface area contributed by atoms with Gasteiger partial charge in [0, 0.05) is 19.3 Å². The summed E-state index contributed by atoms with van der Waals surface area (Å²) >= 11 is 0. The maximum Gasteiger partial charge on any atom is 0.472 e. The number of aliphatic hydroxyl groups is 1. The topological polar surface area (TPSA) is 155 Å². The Hall–Kier alpha value is -3.60. The van der Waals surface area contributed by atoms with E-state index in [0.29, 0.717) is 19.3 Å². The first-order valence-electron chi connectivity index (χ1n) is 29.1. The van der Waals surface area contributed by atoms with Crippen LogP contribution in [0.4, 0.5) is 0 Å². The van der Waals surface area contributed by atoms with Crippen LogP contribution in [0.5, 0.6) is 0 Å². The molecule has 0 bridgehead atoms. The smallest absolute Gasteiger partial charge is 0.462 e. The Kier molecular flexibility index (Phi) is 52.9. The lowest BCUT2D eigenvalue weighted by atomic mass is 10.0. The zero-order valence-corrected chi connectivity index (χ0v) is 47.7. The molecule has 0 spiro atoms. The van der Waals surface area contributed by atoms with E-state index in [4.69, 9.17) is 23.3 Å². The van der Waals surface area contributed by atoms with E-state index < -0.39 is 57.8 Å². The molecule has 2 N–H and O–H groups in total. The van der Waals surface area contributed by atoms with Gasteiger partial charge in [-0.1, -0.05) is 221 Å². The van der Waals surface area contributed by atoms with Gasteiger partial charge in [-0.25, -0.2) is 4.57 Å². The van der Waals surface area contributed by atoms with Gasteiger partial charge in [0.2, 0.25) is 0 Å². The van der Waals surface area contributed by atoms with E-state index >= 15 is 0 Å². The number of allylic oxidation sites excluding steroid dienone is 16. The summed E-state index contributed by atoms with van der Waals surface area (Å²) in [5.41, 5.74) is 0. The zero-order chi connectivity index (χ0) is 54.1. The highest BCUT2D eigenvalue weighted by Gasteiger charge is 2.28. The van der Waals surface area contributed by atoms with Gasteiger partial charge in [0.15, 0.2) is 6.10 Å². The zero-order valence-electron chi connectivity index (χ0n) is 46.8. The molecule has 0 saturated heterocycles. The number of carbonyl (C=O) groups is 3. The Morgan fingerprint density at radius 1 is 0.392 bits per heavy atom. The summed E-state index contributed by atoms with van der Waals surface area (Å²) in [4.78, 5) is 48.5. The molecule has 0 aromatic rings. The van der Waals surface area contributed by atoms with Gasteiger partial charge in [-0.2, -0.15) is 0 Å². The van der Waals surface area contributed by atoms with Crippen LogP contribution in [-0.4, -0.2) is 66.5 Å². The molecule has 11 nitrogen and oxygen atoms in total. The van der Waals surface area contributed by atoms with Gasteiger partial charge in [0.1, 0.15) is 12.7 Å². The van der Waals surface area contributed by atoms with Crippen molar-refractivity contribution in [1.82, 2.24) is 0 Å². The average molecular weight is 1060 g/mol. The summed E-state index contributed by atoms with van der Waals surface area (Å²) in [7, 11) is -4.76. The van der Waals surface area contributed by atoms with Crippen LogP contribution in [0.15, 0.2) is 97.2 Å². The second-order valence-corrected chi connectivity index (χ2v) is 20.5. The van der Waals surface area contributed by atoms with Crippen LogP contribution in [0.2, 0.25) is 0 Å². The summed E-state index contributed by atoms with van der Waals surface area (Å²) < 4.78 is 39.5. The Balaban J connectivity index is 4.82. The molecular formula is C62H105O11P. The Bertz CT molecular complexity index is 1610. The van der Waals surface area contributed by atoms with Crippen molar-refractivity contribution in [1.29, 1.82) is 0 Å². The highest BCUT2D eigenvalue weighted by molar-refractivity contribution is 7.47. The van der Waals surface area contributed by atoms with Crippen molar-refractivity contribution in [3.63, 3.8) is 0 Å². The number of hydrogen-bond acceptors (Lipinski definition) is 10. The Labute approximate surface area is 451 Å². The first-order valence-corrected chi connectivity index (χ1v) is 30.6. The molecule has 0 aliphatic carbocycles. The van der Waals surface area contributed by atoms with E-state index in [2.05, 4.69) is 118 Å². The number of rotatable bonds is 53. The third-order valence-corrected chi connectivity index (χ3v) is 13.0. The van der Waals surface area contributed by atoms with Crippen LogP contribution < -0.4 is 0 Å². The molecule has 0 radical (unpaired) electrons. The summed E-state index contributed by atoms with van der Waals surface area (Å²) in [6, 6.07) is 0. The van der Waals surface area contributed by atoms with Crippen LogP contribution in [0, 0.1) is 0 Å². The van der Waals surface area contributed by atoms with Gasteiger partial charge in [-0.3, -0.25) is 23.4 Å². The Morgan fingerprint density at radius 2 is 0.703 bits per heavy atom. The lowest BCUT2D eigenvalue weighted by Gasteiger charge is -2.21. The minimum atomic E-state index is -4.76. The van der Waals surface area contributed by atoms with Crippen LogP contribution in [0.3, 0.4) is 0 Å². The van der Waals surface area contributed by atoms with Crippen LogP contribution in [0.1, 0.15) is 239 Å². The van der Waals surface area contributed by atoms with Gasteiger partial charge in [-0.15, -0.1) is 0 Å². The fraction of sp³-hybridized carbons (Fsp3) is 0.694. The first kappa shape index (κ1) is 70.4. The molecular weight excluding hydrogens is 952 g/mol. The quantitative estimate of drug-likeness (QED) is 0.0197. The normalized spacial score (nSPS) is 14.1. The second kappa shape index (κ2) is 55.6. The number of carbonyl (C=O) groups excluding carboxylic acids is 3. The molecule has 0 rings (SSSR count). The standard InChI is InChI=1S/C62H105O11P/c1-4-7-10-13-16-19-22-25-27-28-29-30-32-35-38-41-44-47-50-53-62(66)73-59(55-69-60(64)51-48-45-42-39-36-34-31-26-23-20-17-14-11-8-5-2)57-71-74(67,68)70-56-58(54-63)72-61(65)52-49-46-43-40-37-33-24-21-18-15-12-9-6-3/h7-8,10-11,16-17,19-20,25-27,29-31,35,38,58-59,63H,4-6,9,12-15,18,21-24,28,32-34,36-37,39-57H2,1-3H3,(H,67,68)/b10-7-,11-8-,19-16-,20-17-,27-25-,30-29-,31-26-,38-35-. The fourth-order valence-corrected chi connectivity index (χ4v) is 8.42. The van der Waals surface area contributed by atoms with Crippen LogP contribution in [0.25, 0.3) is 0 Å². The third-order valence-electron chi connectivity index (χ3n) is 12.0. The molecule has 3 unspecified atom stereocenters. The number of hydrogen-bond donors (Lipinski definition) is 2. The maximum absolute atomic E-state index is 12.9. The molecule has 0 aromatic carbocycles. The predicted octanol–water partition coefficient (Wildman–Crippen LogP) is 17.3. The van der Waals surface area contributed by atoms with Crippen molar-refractivity contribution >= 4 is 25.7 Å². The van der Waals surface area contributed by atoms with E-state index in [-0.39, 0.29) is 25.9 Å². The first-order chi connectivity index (χ1) is 36.2. The van der Waals surface area contributed by atoms with Crippen molar-refractivity contribution in [3.05, 3.63) is 97.2 Å². The largest absolute Gasteiger partial charge is 0.472 e. The van der Waals surface area contributed by atoms with Crippen molar-refractivity contribution in [2.45, 2.75) is 251 Å². The number of unbranched alkanes of at least 4 members (excludes halogenated alkanes) is 20. The van der Waals surface area contributed by atoms with Gasteiger partial charge >= 0.3 is 25.7 Å². The molecule has 0 aliphatic heterocycles. The van der Waals surface area contributed by atoms with Crippen molar-refractivity contribution in [2.24, 2.45) is 0 Å². The van der Waals surface area contributed by atoms with E-state index in [1.54, 1.807) is 0 Å². The van der Waals surface area contributed by atoms with E-state index in [1.807, 2.05) is 0 Å². The maximum atomic E-state index is 12.9. The SMILES string of the molecule is CC/C=C\C/C=C\C/C=C\C/C=C\C/C=C\CCCCCC(=O)OC(COC(=O)CCCCCCC/C=C\C/C=C\C/C=C\CC)COP(=O)(O)OCC(CO)OC(=O)CCCCCCCCCCCCCCC. The molecule has 0 saturated carbocycles. The molecule has 3 atom stereocenters. The molecule has 12 heteroatoms. The minimum Gasteiger partial charge on any atom is -0.462 e. The van der Waals surface area contributed by atoms with Gasteiger partial charge in [0.05, 0.1) is 19.8 Å². The number of phosphoric acid groups is 1. The molecule has 424 valence electrons. The molecule has 0 fully saturated rings. The lowest BCUT2D eigenvalue weighted by Crippen LogP contribution is -2.30. The van der Waals surface area contributed by atoms with E-state index in [0.717, 1.165) is 122 Å². The van der Waals surface area contributed by atoms with Crippen molar-refractivity contribution < 1.29 is 52.2 Å². The van der Waals surface area contributed by atoms with Gasteiger partial charge in [-0.05, 0) is 96.3 Å². The Morgan fingerprint density at radius 3 is 1.09 bits per heavy atom. The minimum absolute atomic E-state index is 0.121. The molecule has 0 amide bonds. The van der Waals surface area contributed by atoms with Crippen molar-refractivity contribution in [3.8, 4) is 0 Å². The highest BCUT2D eigenvalue weighted by Crippen LogP contribution is 2.43. The molecule has 0 aromatic heterocycles. The third kappa shape index (κ3) is 53.2. The summed E-state index contributed by atoms with van der Waals surface area (Å²) in [5.74, 6) is -1.53. The number of aliphatic hydroxyl groups excluding tert-OH is 1. The van der Waals surface area contributed by atoms with Crippen molar-refractivity contribution in [2.75, 3.05) is 26.4 Å². The molecule has 74 heavy (non-hydrogen) atoms. The van der Waals surface area contributed by atoms with Gasteiger partial charge in [0.25, 0.3) is 0 Å². The highest BCUT2D eigenvalue weighted by atomic mass is 31.2. The van der Waals surface area contributed by atoms with Gasteiger partial charge < -0.3 is 24.2 Å².